The molecule has 5 rings (SSSR count). The van der Waals surface area contributed by atoms with Gasteiger partial charge in [0.15, 0.2) is 0 Å². The fourth-order valence-electron chi connectivity index (χ4n) is 4.35. The lowest BCUT2D eigenvalue weighted by Crippen LogP contribution is -2.41. The molecule has 0 spiro atoms. The number of hydrogen-bond acceptors (Lipinski definition) is 6. The Morgan fingerprint density at radius 3 is 2.67 bits per heavy atom. The highest BCUT2D eigenvalue weighted by molar-refractivity contribution is 5.98. The Labute approximate surface area is 190 Å². The van der Waals surface area contributed by atoms with Crippen LogP contribution in [0.4, 0.5) is 10.2 Å². The molecule has 3 heterocycles. The molecule has 0 unspecified atom stereocenters. The highest BCUT2D eigenvalue weighted by atomic mass is 19.1. The van der Waals surface area contributed by atoms with Crippen molar-refractivity contribution in [3.8, 4) is 11.3 Å². The number of anilines is 1. The molecule has 0 aliphatic carbocycles. The van der Waals surface area contributed by atoms with Crippen LogP contribution in [0.15, 0.2) is 65.4 Å². The number of piperidine rings is 1. The summed E-state index contributed by atoms with van der Waals surface area (Å²) in [4.78, 5) is 23.6. The maximum absolute atomic E-state index is 13.8. The number of aromatic nitrogens is 3. The number of benzene rings is 2. The zero-order valence-electron chi connectivity index (χ0n) is 18.2. The van der Waals surface area contributed by atoms with Crippen molar-refractivity contribution < 1.29 is 13.7 Å². The second kappa shape index (κ2) is 8.97. The predicted octanol–water partition coefficient (Wildman–Crippen LogP) is 4.52. The summed E-state index contributed by atoms with van der Waals surface area (Å²) in [7, 11) is 0. The van der Waals surface area contributed by atoms with E-state index < -0.39 is 0 Å². The van der Waals surface area contributed by atoms with Crippen LogP contribution in [-0.2, 0) is 4.79 Å². The van der Waals surface area contributed by atoms with Gasteiger partial charge in [-0.3, -0.25) is 4.79 Å². The van der Waals surface area contributed by atoms with E-state index in [1.165, 1.54) is 18.5 Å². The summed E-state index contributed by atoms with van der Waals surface area (Å²) in [6, 6.07) is 16.1. The number of carbonyl (C=O) groups excluding carboxylic acids is 1. The Morgan fingerprint density at radius 1 is 1.12 bits per heavy atom. The first-order valence-electron chi connectivity index (χ1n) is 11.1. The standard InChI is InChI=1S/C25H24FN5O2/c1-16(17-6-3-2-4-7-17)29-24(32)18-10-12-31(13-11-18)23-21-22(19-8-5-9-20(26)14-19)30-33-25(21)28-15-27-23/h2-9,14-16,18H,10-13H2,1H3,(H,29,32)/t16-/m1/s1. The number of nitrogens with zero attached hydrogens (tertiary/aromatic N) is 4. The third kappa shape index (κ3) is 4.28. The van der Waals surface area contributed by atoms with E-state index in [0.29, 0.717) is 54.1 Å². The Kier molecular flexibility index (Phi) is 5.73. The summed E-state index contributed by atoms with van der Waals surface area (Å²) in [5.74, 6) is 0.356. The molecule has 1 N–H and O–H groups in total. The molecule has 4 aromatic rings. The van der Waals surface area contributed by atoms with Crippen LogP contribution in [0, 0.1) is 11.7 Å². The van der Waals surface area contributed by atoms with Crippen LogP contribution in [0.25, 0.3) is 22.4 Å². The van der Waals surface area contributed by atoms with Crippen LogP contribution < -0.4 is 10.2 Å². The van der Waals surface area contributed by atoms with E-state index in [0.717, 1.165) is 5.56 Å². The van der Waals surface area contributed by atoms with E-state index >= 15 is 0 Å². The van der Waals surface area contributed by atoms with Gasteiger partial charge in [-0.15, -0.1) is 0 Å². The van der Waals surface area contributed by atoms with E-state index in [9.17, 15) is 9.18 Å². The number of fused-ring (bicyclic) bond motifs is 1. The number of rotatable bonds is 5. The normalized spacial score (nSPS) is 15.5. The van der Waals surface area contributed by atoms with E-state index in [-0.39, 0.29) is 23.7 Å². The summed E-state index contributed by atoms with van der Waals surface area (Å²) in [6.45, 7) is 3.33. The molecule has 1 saturated heterocycles. The van der Waals surface area contributed by atoms with Gasteiger partial charge in [0.25, 0.3) is 5.71 Å². The summed E-state index contributed by atoms with van der Waals surface area (Å²) in [5, 5.41) is 7.93. The highest BCUT2D eigenvalue weighted by Gasteiger charge is 2.29. The number of nitrogens with one attached hydrogen (secondary N) is 1. The first-order chi connectivity index (χ1) is 16.1. The number of amides is 1. The minimum absolute atomic E-state index is 0.0379. The first kappa shape index (κ1) is 21.1. The zero-order valence-corrected chi connectivity index (χ0v) is 18.2. The van der Waals surface area contributed by atoms with E-state index in [2.05, 4.69) is 25.3 Å². The third-order valence-corrected chi connectivity index (χ3v) is 6.17. The van der Waals surface area contributed by atoms with Gasteiger partial charge in [0.2, 0.25) is 5.91 Å². The van der Waals surface area contributed by atoms with Crippen molar-refractivity contribution in [2.24, 2.45) is 5.92 Å². The van der Waals surface area contributed by atoms with Gasteiger partial charge >= 0.3 is 0 Å². The van der Waals surface area contributed by atoms with Crippen molar-refractivity contribution in [3.63, 3.8) is 0 Å². The van der Waals surface area contributed by atoms with Crippen molar-refractivity contribution >= 4 is 22.8 Å². The quantitative estimate of drug-likeness (QED) is 0.486. The zero-order chi connectivity index (χ0) is 22.8. The first-order valence-corrected chi connectivity index (χ1v) is 11.1. The van der Waals surface area contributed by atoms with Gasteiger partial charge in [0.05, 0.1) is 6.04 Å². The minimum atomic E-state index is -0.349. The molecule has 2 aromatic heterocycles. The molecule has 0 saturated carbocycles. The molecule has 2 aromatic carbocycles. The van der Waals surface area contributed by atoms with Crippen LogP contribution >= 0.6 is 0 Å². The second-order valence-electron chi connectivity index (χ2n) is 8.32. The van der Waals surface area contributed by atoms with Gasteiger partial charge < -0.3 is 14.7 Å². The van der Waals surface area contributed by atoms with Gasteiger partial charge in [-0.2, -0.15) is 4.98 Å². The fourth-order valence-corrected chi connectivity index (χ4v) is 4.35. The predicted molar refractivity (Wildman–Crippen MR) is 123 cm³/mol. The summed E-state index contributed by atoms with van der Waals surface area (Å²) in [6.07, 6.45) is 2.86. The molecule has 1 fully saturated rings. The van der Waals surface area contributed by atoms with Crippen molar-refractivity contribution in [2.75, 3.05) is 18.0 Å². The maximum Gasteiger partial charge on any atom is 0.263 e. The summed E-state index contributed by atoms with van der Waals surface area (Å²) in [5.41, 5.74) is 2.56. The molecular weight excluding hydrogens is 421 g/mol. The molecule has 8 heteroatoms. The van der Waals surface area contributed by atoms with Crippen LogP contribution in [-0.4, -0.2) is 34.1 Å². The summed E-state index contributed by atoms with van der Waals surface area (Å²) < 4.78 is 19.2. The van der Waals surface area contributed by atoms with Crippen LogP contribution in [0.1, 0.15) is 31.4 Å². The van der Waals surface area contributed by atoms with Gasteiger partial charge in [-0.1, -0.05) is 47.6 Å². The molecule has 0 bridgehead atoms. The molecule has 33 heavy (non-hydrogen) atoms. The van der Waals surface area contributed by atoms with Gasteiger partial charge in [0, 0.05) is 24.6 Å². The Bertz CT molecular complexity index is 1270. The number of halogens is 1. The number of carbonyl (C=O) groups is 1. The molecule has 1 aliphatic heterocycles. The Morgan fingerprint density at radius 2 is 1.91 bits per heavy atom. The molecular formula is C25H24FN5O2. The smallest absolute Gasteiger partial charge is 0.263 e. The minimum Gasteiger partial charge on any atom is -0.356 e. The highest BCUT2D eigenvalue weighted by Crippen LogP contribution is 2.35. The van der Waals surface area contributed by atoms with Crippen molar-refractivity contribution in [1.29, 1.82) is 0 Å². The summed E-state index contributed by atoms with van der Waals surface area (Å²) >= 11 is 0. The SMILES string of the molecule is C[C@@H](NC(=O)C1CCN(c2ncnc3onc(-c4cccc(F)c4)c23)CC1)c1ccccc1. The second-order valence-corrected chi connectivity index (χ2v) is 8.32. The van der Waals surface area contributed by atoms with Crippen LogP contribution in [0.5, 0.6) is 0 Å². The average molecular weight is 445 g/mol. The van der Waals surface area contributed by atoms with E-state index in [1.54, 1.807) is 12.1 Å². The Hall–Kier alpha value is -3.81. The molecule has 1 aliphatic rings. The van der Waals surface area contributed by atoms with E-state index in [1.807, 2.05) is 37.3 Å². The lowest BCUT2D eigenvalue weighted by Gasteiger charge is -2.32. The third-order valence-electron chi connectivity index (χ3n) is 6.17. The van der Waals surface area contributed by atoms with Crippen LogP contribution in [0.2, 0.25) is 0 Å². The average Bonchev–Trinajstić information content (AvgIpc) is 3.29. The molecule has 1 atom stereocenters. The Balaban J connectivity index is 1.32. The monoisotopic (exact) mass is 445 g/mol. The topological polar surface area (TPSA) is 84.2 Å². The molecule has 0 radical (unpaired) electrons. The van der Waals surface area contributed by atoms with Crippen molar-refractivity contribution in [3.05, 3.63) is 72.3 Å². The molecule has 1 amide bonds. The van der Waals surface area contributed by atoms with Gasteiger partial charge in [-0.25, -0.2) is 9.37 Å². The van der Waals surface area contributed by atoms with Crippen molar-refractivity contribution in [2.45, 2.75) is 25.8 Å². The number of hydrogen-bond donors (Lipinski definition) is 1. The van der Waals surface area contributed by atoms with Gasteiger partial charge in [-0.05, 0) is 37.5 Å². The molecule has 7 nitrogen and oxygen atoms in total. The molecule has 168 valence electrons. The van der Waals surface area contributed by atoms with Crippen molar-refractivity contribution in [1.82, 2.24) is 20.4 Å². The van der Waals surface area contributed by atoms with Gasteiger partial charge in [0.1, 0.15) is 29.0 Å². The largest absolute Gasteiger partial charge is 0.356 e. The van der Waals surface area contributed by atoms with Crippen LogP contribution in [0.3, 0.4) is 0 Å². The lowest BCUT2D eigenvalue weighted by atomic mass is 9.95. The maximum atomic E-state index is 13.8. The van der Waals surface area contributed by atoms with E-state index in [4.69, 9.17) is 4.52 Å². The fraction of sp³-hybridized carbons (Fsp3) is 0.280. The lowest BCUT2D eigenvalue weighted by molar-refractivity contribution is -0.126.